The first kappa shape index (κ1) is 25.9. The van der Waals surface area contributed by atoms with Crippen LogP contribution in [0.3, 0.4) is 0 Å². The minimum absolute atomic E-state index is 0.204. The number of ether oxygens (including phenoxy) is 1. The predicted molar refractivity (Wildman–Crippen MR) is 140 cm³/mol. The average molecular weight is 530 g/mol. The number of nitrogens with zero attached hydrogens (tertiary/aromatic N) is 5. The number of amides is 1. The number of aryl methyl sites for hydroxylation is 1. The van der Waals surface area contributed by atoms with Crippen LogP contribution >= 0.6 is 11.3 Å². The lowest BCUT2D eigenvalue weighted by atomic mass is 9.81. The zero-order valence-electron chi connectivity index (χ0n) is 21.1. The van der Waals surface area contributed by atoms with Crippen LogP contribution < -0.4 is 4.74 Å². The molecule has 37 heavy (non-hydrogen) atoms. The SMILES string of the molecule is Cc1cc2c(C(=O)N=CC3CCC(CCN4CCc5nc(OCC(F)F)sc5CC4)CC3)cccn2n1. The molecule has 0 saturated heterocycles. The van der Waals surface area contributed by atoms with Gasteiger partial charge in [0.1, 0.15) is 0 Å². The molecule has 5 rings (SSSR count). The summed E-state index contributed by atoms with van der Waals surface area (Å²) in [6, 6.07) is 5.55. The molecule has 1 aliphatic carbocycles. The molecule has 0 atom stereocenters. The summed E-state index contributed by atoms with van der Waals surface area (Å²) in [5.41, 5.74) is 3.27. The van der Waals surface area contributed by atoms with Crippen molar-refractivity contribution in [3.05, 3.63) is 46.2 Å². The lowest BCUT2D eigenvalue weighted by Crippen LogP contribution is -2.29. The normalized spacial score (nSPS) is 21.0. The highest BCUT2D eigenvalue weighted by Crippen LogP contribution is 2.31. The Kier molecular flexibility index (Phi) is 8.24. The van der Waals surface area contributed by atoms with E-state index in [0.717, 1.165) is 75.1 Å². The highest BCUT2D eigenvalue weighted by molar-refractivity contribution is 7.13. The molecule has 0 spiro atoms. The molecule has 0 N–H and O–H groups in total. The van der Waals surface area contributed by atoms with E-state index in [2.05, 4.69) is 20.0 Å². The van der Waals surface area contributed by atoms with Gasteiger partial charge in [0.15, 0.2) is 6.61 Å². The number of carbonyl (C=O) groups is 1. The molecule has 0 unspecified atom stereocenters. The van der Waals surface area contributed by atoms with Gasteiger partial charge in [-0.3, -0.25) is 4.79 Å². The Morgan fingerprint density at radius 2 is 2.08 bits per heavy atom. The molecule has 1 fully saturated rings. The highest BCUT2D eigenvalue weighted by Gasteiger charge is 2.23. The third-order valence-electron chi connectivity index (χ3n) is 7.41. The molecule has 0 radical (unpaired) electrons. The summed E-state index contributed by atoms with van der Waals surface area (Å²) in [6.45, 7) is 4.31. The zero-order chi connectivity index (χ0) is 25.8. The second-order valence-electron chi connectivity index (χ2n) is 10.1. The minimum Gasteiger partial charge on any atom is -0.464 e. The van der Waals surface area contributed by atoms with Crippen molar-refractivity contribution < 1.29 is 18.3 Å². The fourth-order valence-electron chi connectivity index (χ4n) is 5.36. The molecule has 7 nitrogen and oxygen atoms in total. The summed E-state index contributed by atoms with van der Waals surface area (Å²) in [7, 11) is 0. The number of hydrogen-bond donors (Lipinski definition) is 0. The lowest BCUT2D eigenvalue weighted by Gasteiger charge is -2.28. The van der Waals surface area contributed by atoms with Gasteiger partial charge in [-0.2, -0.15) is 5.10 Å². The number of rotatable bonds is 8. The molecule has 0 bridgehead atoms. The highest BCUT2D eigenvalue weighted by atomic mass is 32.1. The first-order valence-corrected chi connectivity index (χ1v) is 13.9. The van der Waals surface area contributed by atoms with Crippen LogP contribution in [0.2, 0.25) is 0 Å². The molecule has 1 aliphatic heterocycles. The number of halogens is 2. The maximum atomic E-state index is 12.7. The van der Waals surface area contributed by atoms with Crippen LogP contribution in [0.15, 0.2) is 29.4 Å². The number of alkyl halides is 2. The zero-order valence-corrected chi connectivity index (χ0v) is 21.9. The molecular formula is C27H33F2N5O2S. The summed E-state index contributed by atoms with van der Waals surface area (Å²) in [4.78, 5) is 25.1. The van der Waals surface area contributed by atoms with E-state index in [4.69, 9.17) is 4.74 Å². The van der Waals surface area contributed by atoms with Gasteiger partial charge in [-0.05, 0) is 82.0 Å². The number of fused-ring (bicyclic) bond motifs is 2. The van der Waals surface area contributed by atoms with E-state index in [-0.39, 0.29) is 5.91 Å². The third kappa shape index (κ3) is 6.59. The number of pyridine rings is 1. The van der Waals surface area contributed by atoms with Crippen molar-refractivity contribution in [2.75, 3.05) is 26.2 Å². The average Bonchev–Trinajstić information content (AvgIpc) is 3.42. The van der Waals surface area contributed by atoms with E-state index in [1.54, 1.807) is 4.52 Å². The van der Waals surface area contributed by atoms with Gasteiger partial charge in [0.25, 0.3) is 17.5 Å². The maximum absolute atomic E-state index is 12.7. The number of hydrogen-bond acceptors (Lipinski definition) is 6. The molecule has 198 valence electrons. The third-order valence-corrected chi connectivity index (χ3v) is 8.48. The molecule has 3 aromatic heterocycles. The molecule has 4 heterocycles. The predicted octanol–water partition coefficient (Wildman–Crippen LogP) is 5.25. The van der Waals surface area contributed by atoms with Crippen LogP contribution in [-0.4, -0.2) is 64.3 Å². The van der Waals surface area contributed by atoms with E-state index < -0.39 is 13.0 Å². The Balaban J connectivity index is 1.04. The largest absolute Gasteiger partial charge is 0.464 e. The Morgan fingerprint density at radius 1 is 1.27 bits per heavy atom. The Labute approximate surface area is 219 Å². The molecular weight excluding hydrogens is 496 g/mol. The topological polar surface area (TPSA) is 72.1 Å². The standard InChI is InChI=1S/C27H33F2N5O2S/c1-18-15-23-21(3-2-11-34(23)32-18)26(35)30-16-20-6-4-19(5-7-20)8-12-33-13-9-22-24(10-14-33)37-27(31-22)36-17-25(28)29/h2-3,11,15-16,19-20,25H,4-10,12-14,17H2,1H3. The minimum atomic E-state index is -2.48. The Bertz CT molecular complexity index is 1220. The van der Waals surface area contributed by atoms with Crippen molar-refractivity contribution in [1.82, 2.24) is 19.5 Å². The number of aromatic nitrogens is 3. The fourth-order valence-corrected chi connectivity index (χ4v) is 6.31. The first-order chi connectivity index (χ1) is 17.9. The van der Waals surface area contributed by atoms with E-state index in [9.17, 15) is 13.6 Å². The molecule has 1 saturated carbocycles. The van der Waals surface area contributed by atoms with Crippen molar-refractivity contribution in [2.24, 2.45) is 16.8 Å². The van der Waals surface area contributed by atoms with E-state index in [1.165, 1.54) is 22.6 Å². The summed E-state index contributed by atoms with van der Waals surface area (Å²) < 4.78 is 31.6. The van der Waals surface area contributed by atoms with Crippen LogP contribution in [0.1, 0.15) is 58.7 Å². The molecule has 3 aromatic rings. The lowest BCUT2D eigenvalue weighted by molar-refractivity contribution is 0.0816. The Morgan fingerprint density at radius 3 is 2.89 bits per heavy atom. The van der Waals surface area contributed by atoms with Crippen LogP contribution in [0.4, 0.5) is 8.78 Å². The van der Waals surface area contributed by atoms with Gasteiger partial charge in [0, 0.05) is 36.8 Å². The number of aliphatic imine (C=N–C) groups is 1. The van der Waals surface area contributed by atoms with Crippen LogP contribution in [0.5, 0.6) is 5.19 Å². The van der Waals surface area contributed by atoms with Gasteiger partial charge in [-0.1, -0.05) is 11.3 Å². The van der Waals surface area contributed by atoms with E-state index in [1.807, 2.05) is 37.5 Å². The van der Waals surface area contributed by atoms with Crippen molar-refractivity contribution in [2.45, 2.75) is 58.3 Å². The first-order valence-electron chi connectivity index (χ1n) is 13.1. The van der Waals surface area contributed by atoms with Crippen molar-refractivity contribution in [3.8, 4) is 5.19 Å². The quantitative estimate of drug-likeness (QED) is 0.373. The van der Waals surface area contributed by atoms with Crippen LogP contribution in [0.25, 0.3) is 5.52 Å². The summed E-state index contributed by atoms with van der Waals surface area (Å²) in [5, 5.41) is 4.74. The van der Waals surface area contributed by atoms with Gasteiger partial charge < -0.3 is 9.64 Å². The van der Waals surface area contributed by atoms with E-state index in [0.29, 0.717) is 22.6 Å². The van der Waals surface area contributed by atoms with Gasteiger partial charge in [0.2, 0.25) is 0 Å². The number of carbonyl (C=O) groups excluding carboxylic acids is 1. The van der Waals surface area contributed by atoms with Crippen molar-refractivity contribution >= 4 is 29.0 Å². The van der Waals surface area contributed by atoms with Crippen LogP contribution in [0, 0.1) is 18.8 Å². The van der Waals surface area contributed by atoms with Crippen molar-refractivity contribution in [1.29, 1.82) is 0 Å². The second kappa shape index (κ2) is 11.8. The molecule has 10 heteroatoms. The fraction of sp³-hybridized carbons (Fsp3) is 0.556. The summed E-state index contributed by atoms with van der Waals surface area (Å²) in [6.07, 6.45) is 8.61. The van der Waals surface area contributed by atoms with Gasteiger partial charge in [-0.25, -0.2) is 23.3 Å². The van der Waals surface area contributed by atoms with Gasteiger partial charge in [0.05, 0.1) is 22.5 Å². The molecule has 1 amide bonds. The van der Waals surface area contributed by atoms with Gasteiger partial charge in [-0.15, -0.1) is 0 Å². The summed E-state index contributed by atoms with van der Waals surface area (Å²) >= 11 is 1.41. The smallest absolute Gasteiger partial charge is 0.278 e. The second-order valence-corrected chi connectivity index (χ2v) is 11.1. The van der Waals surface area contributed by atoms with E-state index >= 15 is 0 Å². The van der Waals surface area contributed by atoms with Gasteiger partial charge >= 0.3 is 0 Å². The number of thiazole rings is 1. The van der Waals surface area contributed by atoms with Crippen LogP contribution in [-0.2, 0) is 12.8 Å². The maximum Gasteiger partial charge on any atom is 0.278 e. The Hall–Kier alpha value is -2.72. The summed E-state index contributed by atoms with van der Waals surface area (Å²) in [5.74, 6) is 0.853. The van der Waals surface area contributed by atoms with Crippen molar-refractivity contribution in [3.63, 3.8) is 0 Å². The molecule has 2 aliphatic rings. The molecule has 0 aromatic carbocycles. The monoisotopic (exact) mass is 529 g/mol.